The fraction of sp³-hybridized carbons (Fsp3) is 0.378. The topological polar surface area (TPSA) is 172 Å². The highest BCUT2D eigenvalue weighted by Crippen LogP contribution is 2.33. The van der Waals surface area contributed by atoms with Gasteiger partial charge in [-0.2, -0.15) is 10.1 Å². The predicted molar refractivity (Wildman–Crippen MR) is 220 cm³/mol. The first-order valence-corrected chi connectivity index (χ1v) is 20.1. The van der Waals surface area contributed by atoms with E-state index in [1.54, 1.807) is 0 Å². The molecule has 8 rings (SSSR count). The van der Waals surface area contributed by atoms with Crippen molar-refractivity contribution >= 4 is 28.8 Å². The monoisotopic (exact) mass is 779 g/mol. The van der Waals surface area contributed by atoms with Crippen molar-refractivity contribution in [3.05, 3.63) is 113 Å². The van der Waals surface area contributed by atoms with Gasteiger partial charge in [-0.1, -0.05) is 68.4 Å². The van der Waals surface area contributed by atoms with Crippen LogP contribution >= 0.6 is 0 Å². The molecule has 13 heteroatoms. The molecule has 2 aliphatic heterocycles. The molecule has 13 nitrogen and oxygen atoms in total. The first-order chi connectivity index (χ1) is 27.9. The number of hydrogen-bond donors (Lipinski definition) is 3. The van der Waals surface area contributed by atoms with Crippen LogP contribution in [0.25, 0.3) is 33.4 Å². The van der Waals surface area contributed by atoms with E-state index < -0.39 is 0 Å². The summed E-state index contributed by atoms with van der Waals surface area (Å²) in [6.07, 6.45) is 7.84. The number of aromatic nitrogens is 6. The summed E-state index contributed by atoms with van der Waals surface area (Å²) in [5.74, 6) is -0.155. The lowest BCUT2D eigenvalue weighted by Gasteiger charge is -2.31. The number of hydrogen-bond acceptors (Lipinski definition) is 10. The van der Waals surface area contributed by atoms with Gasteiger partial charge in [0.05, 0.1) is 17.7 Å². The number of carbonyl (C=O) groups excluding carboxylic acids is 3. The minimum atomic E-state index is -0.387. The first-order valence-electron chi connectivity index (χ1n) is 20.1. The van der Waals surface area contributed by atoms with E-state index in [1.807, 2.05) is 71.3 Å². The number of nitrogens with one attached hydrogen (secondary N) is 3. The molecule has 6 heterocycles. The summed E-state index contributed by atoms with van der Waals surface area (Å²) in [7, 11) is 0. The van der Waals surface area contributed by atoms with Crippen molar-refractivity contribution in [3.8, 4) is 22.4 Å². The summed E-state index contributed by atoms with van der Waals surface area (Å²) in [6.45, 7) is 12.9. The van der Waals surface area contributed by atoms with E-state index in [-0.39, 0.29) is 40.9 Å². The smallest absolute Gasteiger partial charge is 0.293 e. The Morgan fingerprint density at radius 2 is 1.71 bits per heavy atom. The van der Waals surface area contributed by atoms with E-state index >= 15 is 0 Å². The molecule has 298 valence electrons. The standard InChI is InChI=1S/C45H49N9O4/c1-26-22-31(10-12-34(26)27(2)48-43(57)41-50-44(58-53-41)45(3,4)5)39-36-23-33(25-47-40(36)52-51-39)32-11-14-37(46-24-32)30-17-20-54(21-18-30)19-16-28-6-8-29(9-7-28)35-13-15-38(55)49-42(35)56/h6-12,14,22-25,27,30,35H,13,15-21H2,1-5H3,(H,48,57)(H,47,51,52)(H,49,55,56)/t27-,35?/m1/s1. The number of pyridine rings is 2. The molecule has 0 spiro atoms. The molecule has 4 aromatic heterocycles. The zero-order chi connectivity index (χ0) is 40.6. The summed E-state index contributed by atoms with van der Waals surface area (Å²) in [4.78, 5) is 53.1. The molecule has 1 unspecified atom stereocenters. The fourth-order valence-electron chi connectivity index (χ4n) is 8.04. The maximum Gasteiger partial charge on any atom is 0.293 e. The van der Waals surface area contributed by atoms with Gasteiger partial charge >= 0.3 is 0 Å². The molecule has 3 N–H and O–H groups in total. The Morgan fingerprint density at radius 3 is 2.40 bits per heavy atom. The highest BCUT2D eigenvalue weighted by molar-refractivity contribution is 6.01. The summed E-state index contributed by atoms with van der Waals surface area (Å²) in [5.41, 5.74) is 9.44. The number of fused-ring (bicyclic) bond motifs is 1. The van der Waals surface area contributed by atoms with Crippen LogP contribution in [0.2, 0.25) is 0 Å². The van der Waals surface area contributed by atoms with Crippen molar-refractivity contribution in [1.29, 1.82) is 0 Å². The van der Waals surface area contributed by atoms with E-state index in [9.17, 15) is 14.4 Å². The van der Waals surface area contributed by atoms with E-state index in [0.717, 1.165) is 89.1 Å². The van der Waals surface area contributed by atoms with Crippen LogP contribution in [-0.4, -0.2) is 72.6 Å². The van der Waals surface area contributed by atoms with Crippen LogP contribution < -0.4 is 10.6 Å². The second-order valence-corrected chi connectivity index (χ2v) is 16.7. The van der Waals surface area contributed by atoms with Crippen molar-refractivity contribution in [2.24, 2.45) is 0 Å². The van der Waals surface area contributed by atoms with Crippen LogP contribution in [0.5, 0.6) is 0 Å². The van der Waals surface area contributed by atoms with Crippen LogP contribution in [-0.2, 0) is 21.4 Å². The fourth-order valence-corrected chi connectivity index (χ4v) is 8.04. The molecule has 2 aromatic carbocycles. The molecule has 0 saturated carbocycles. The normalized spacial score (nSPS) is 17.4. The van der Waals surface area contributed by atoms with E-state index in [1.165, 1.54) is 5.56 Å². The predicted octanol–water partition coefficient (Wildman–Crippen LogP) is 7.11. The van der Waals surface area contributed by atoms with Crippen LogP contribution in [0.3, 0.4) is 0 Å². The summed E-state index contributed by atoms with van der Waals surface area (Å²) < 4.78 is 5.31. The number of likely N-dealkylation sites (tertiary alicyclic amines) is 1. The molecule has 58 heavy (non-hydrogen) atoms. The third-order valence-electron chi connectivity index (χ3n) is 11.5. The SMILES string of the molecule is Cc1cc(-c2[nH]nc3ncc(-c4ccc(C5CCN(CCc6ccc(C7CCC(=O)NC7=O)cc6)CC5)nc4)cc23)ccc1[C@@H](C)NC(=O)c1noc(C(C)(C)C)n1. The third kappa shape index (κ3) is 8.31. The van der Waals surface area contributed by atoms with E-state index in [4.69, 9.17) is 9.51 Å². The van der Waals surface area contributed by atoms with Gasteiger partial charge < -0.3 is 14.7 Å². The zero-order valence-corrected chi connectivity index (χ0v) is 33.6. The molecule has 2 saturated heterocycles. The maximum atomic E-state index is 12.9. The lowest BCUT2D eigenvalue weighted by molar-refractivity contribution is -0.134. The summed E-state index contributed by atoms with van der Waals surface area (Å²) in [6, 6.07) is 20.6. The average Bonchev–Trinajstić information content (AvgIpc) is 3.89. The highest BCUT2D eigenvalue weighted by Gasteiger charge is 2.28. The Balaban J connectivity index is 0.865. The Morgan fingerprint density at radius 1 is 0.948 bits per heavy atom. The lowest BCUT2D eigenvalue weighted by Crippen LogP contribution is -2.39. The highest BCUT2D eigenvalue weighted by atomic mass is 16.5. The second-order valence-electron chi connectivity index (χ2n) is 16.7. The Hall–Kier alpha value is -6.08. The number of aromatic amines is 1. The van der Waals surface area contributed by atoms with Gasteiger partial charge in [0.1, 0.15) is 0 Å². The van der Waals surface area contributed by atoms with Gasteiger partial charge in [-0.15, -0.1) is 0 Å². The first kappa shape index (κ1) is 38.8. The van der Waals surface area contributed by atoms with Gasteiger partial charge in [-0.05, 0) is 93.1 Å². The van der Waals surface area contributed by atoms with Gasteiger partial charge in [-0.3, -0.25) is 29.8 Å². The summed E-state index contributed by atoms with van der Waals surface area (Å²) in [5, 5.41) is 17.9. The van der Waals surface area contributed by atoms with Gasteiger partial charge in [0, 0.05) is 64.5 Å². The van der Waals surface area contributed by atoms with Gasteiger partial charge in [0.25, 0.3) is 11.7 Å². The largest absolute Gasteiger partial charge is 0.343 e. The van der Waals surface area contributed by atoms with Gasteiger partial charge in [-0.25, -0.2) is 4.98 Å². The molecular formula is C45H49N9O4. The number of nitrogens with zero attached hydrogens (tertiary/aromatic N) is 6. The molecule has 0 aliphatic carbocycles. The number of H-pyrrole nitrogens is 1. The van der Waals surface area contributed by atoms with Gasteiger partial charge in [0.15, 0.2) is 5.65 Å². The lowest BCUT2D eigenvalue weighted by atomic mass is 9.90. The Kier molecular flexibility index (Phi) is 10.7. The average molecular weight is 780 g/mol. The number of amides is 3. The van der Waals surface area contributed by atoms with Crippen molar-refractivity contribution in [2.75, 3.05) is 19.6 Å². The Bertz CT molecular complexity index is 2460. The number of carbonyl (C=O) groups is 3. The quantitative estimate of drug-likeness (QED) is 0.122. The van der Waals surface area contributed by atoms with Crippen molar-refractivity contribution in [2.45, 2.75) is 90.0 Å². The van der Waals surface area contributed by atoms with E-state index in [2.05, 4.69) is 77.3 Å². The third-order valence-corrected chi connectivity index (χ3v) is 11.5. The van der Waals surface area contributed by atoms with Crippen molar-refractivity contribution in [1.82, 2.24) is 45.8 Å². The van der Waals surface area contributed by atoms with Crippen LogP contribution in [0.4, 0.5) is 0 Å². The second kappa shape index (κ2) is 16.0. The zero-order valence-electron chi connectivity index (χ0n) is 33.6. The molecule has 2 atom stereocenters. The van der Waals surface area contributed by atoms with Crippen LogP contribution in [0.1, 0.15) is 116 Å². The summed E-state index contributed by atoms with van der Waals surface area (Å²) >= 11 is 0. The van der Waals surface area contributed by atoms with Crippen LogP contribution in [0, 0.1) is 6.92 Å². The number of rotatable bonds is 10. The number of aryl methyl sites for hydroxylation is 1. The van der Waals surface area contributed by atoms with Crippen LogP contribution in [0.15, 0.2) is 77.6 Å². The van der Waals surface area contributed by atoms with Gasteiger partial charge in [0.2, 0.25) is 17.7 Å². The number of piperidine rings is 2. The minimum absolute atomic E-state index is 0.0196. The maximum absolute atomic E-state index is 12.9. The molecule has 2 aliphatic rings. The number of imide groups is 1. The minimum Gasteiger partial charge on any atom is -0.343 e. The van der Waals surface area contributed by atoms with E-state index in [0.29, 0.717) is 30.3 Å². The van der Waals surface area contributed by atoms with Crippen molar-refractivity contribution in [3.63, 3.8) is 0 Å². The Labute approximate surface area is 337 Å². The van der Waals surface area contributed by atoms with Crippen molar-refractivity contribution < 1.29 is 18.9 Å². The molecule has 0 bridgehead atoms. The molecule has 0 radical (unpaired) electrons. The number of benzene rings is 2. The molecule has 2 fully saturated rings. The molecule has 3 amide bonds. The molecule has 6 aromatic rings. The molecular weight excluding hydrogens is 731 g/mol.